The molecule has 0 spiro atoms. The maximum atomic E-state index is 12.6. The van der Waals surface area contributed by atoms with Crippen molar-refractivity contribution in [3.8, 4) is 5.75 Å². The first-order valence-corrected chi connectivity index (χ1v) is 9.81. The van der Waals surface area contributed by atoms with Gasteiger partial charge in [-0.1, -0.05) is 0 Å². The maximum absolute atomic E-state index is 12.6. The van der Waals surface area contributed by atoms with E-state index in [1.807, 2.05) is 0 Å². The summed E-state index contributed by atoms with van der Waals surface area (Å²) in [6.45, 7) is 0.843. The third-order valence-corrected chi connectivity index (χ3v) is 6.49. The Morgan fingerprint density at radius 3 is 2.52 bits per heavy atom. The van der Waals surface area contributed by atoms with Crippen molar-refractivity contribution in [1.29, 1.82) is 0 Å². The average Bonchev–Trinajstić information content (AvgIpc) is 3.12. The van der Waals surface area contributed by atoms with E-state index in [9.17, 15) is 23.3 Å². The molecule has 0 unspecified atom stereocenters. The first-order chi connectivity index (χ1) is 11.9. The molecule has 1 aliphatic carbocycles. The van der Waals surface area contributed by atoms with Crippen LogP contribution >= 0.6 is 0 Å². The van der Waals surface area contributed by atoms with Gasteiger partial charge in [0.1, 0.15) is 0 Å². The minimum atomic E-state index is -3.75. The summed E-state index contributed by atoms with van der Waals surface area (Å²) in [4.78, 5) is 22.5. The second kappa shape index (κ2) is 7.09. The SMILES string of the molecule is O=C1CCCC[C@H]1Oc1ccc(S(=O)(=O)N2CCCC2)cc1[N+](=O)[O-]. The third kappa shape index (κ3) is 3.67. The summed E-state index contributed by atoms with van der Waals surface area (Å²) < 4.78 is 32.0. The fourth-order valence-corrected chi connectivity index (χ4v) is 4.74. The molecule has 1 heterocycles. The maximum Gasteiger partial charge on any atom is 0.312 e. The van der Waals surface area contributed by atoms with Gasteiger partial charge < -0.3 is 4.74 Å². The molecule has 1 aromatic carbocycles. The molecular formula is C16H20N2O6S. The summed E-state index contributed by atoms with van der Waals surface area (Å²) in [6, 6.07) is 3.61. The zero-order valence-electron chi connectivity index (χ0n) is 13.7. The molecule has 0 amide bonds. The number of nitrogens with zero attached hydrogens (tertiary/aromatic N) is 2. The molecule has 0 aromatic heterocycles. The predicted molar refractivity (Wildman–Crippen MR) is 89.0 cm³/mol. The molecule has 1 saturated carbocycles. The van der Waals surface area contributed by atoms with Crippen LogP contribution in [0.3, 0.4) is 0 Å². The van der Waals surface area contributed by atoms with E-state index in [1.54, 1.807) is 0 Å². The predicted octanol–water partition coefficient (Wildman–Crippen LogP) is 2.27. The number of nitro groups is 1. The summed E-state index contributed by atoms with van der Waals surface area (Å²) in [5.41, 5.74) is -0.432. The van der Waals surface area contributed by atoms with Crippen LogP contribution in [0.1, 0.15) is 38.5 Å². The minimum Gasteiger partial charge on any atom is -0.476 e. The lowest BCUT2D eigenvalue weighted by molar-refractivity contribution is -0.386. The molecule has 0 radical (unpaired) electrons. The summed E-state index contributed by atoms with van der Waals surface area (Å²) in [6.07, 6.45) is 3.41. The van der Waals surface area contributed by atoms with E-state index in [-0.39, 0.29) is 16.4 Å². The lowest BCUT2D eigenvalue weighted by atomic mass is 9.96. The standard InChI is InChI=1S/C16H20N2O6S/c19-14-5-1-2-6-16(14)24-15-8-7-12(11-13(15)18(20)21)25(22,23)17-9-3-4-10-17/h7-8,11,16H,1-6,9-10H2/t16-/m1/s1. The molecule has 25 heavy (non-hydrogen) atoms. The van der Waals surface area contributed by atoms with Gasteiger partial charge in [0.2, 0.25) is 10.0 Å². The third-order valence-electron chi connectivity index (χ3n) is 4.60. The van der Waals surface area contributed by atoms with Gasteiger partial charge in [0, 0.05) is 25.6 Å². The van der Waals surface area contributed by atoms with Gasteiger partial charge >= 0.3 is 5.69 Å². The van der Waals surface area contributed by atoms with Crippen LogP contribution in [0, 0.1) is 10.1 Å². The van der Waals surface area contributed by atoms with Gasteiger partial charge in [-0.05, 0) is 44.2 Å². The van der Waals surface area contributed by atoms with Crippen molar-refractivity contribution < 1.29 is 22.9 Å². The minimum absolute atomic E-state index is 0.0642. The van der Waals surface area contributed by atoms with Gasteiger partial charge in [0.05, 0.1) is 9.82 Å². The number of benzene rings is 1. The van der Waals surface area contributed by atoms with Gasteiger partial charge in [0.25, 0.3) is 0 Å². The summed E-state index contributed by atoms with van der Waals surface area (Å²) in [5.74, 6) is -0.139. The number of nitro benzene ring substituents is 1. The van der Waals surface area contributed by atoms with Crippen LogP contribution in [0.2, 0.25) is 0 Å². The number of carbonyl (C=O) groups excluding carboxylic acids is 1. The van der Waals surface area contributed by atoms with Crippen molar-refractivity contribution in [2.45, 2.75) is 49.5 Å². The van der Waals surface area contributed by atoms with Crippen LogP contribution in [-0.4, -0.2) is 42.6 Å². The molecule has 1 aromatic rings. The Kier molecular flexibility index (Phi) is 5.05. The summed E-state index contributed by atoms with van der Waals surface area (Å²) >= 11 is 0. The molecule has 1 atom stereocenters. The zero-order valence-corrected chi connectivity index (χ0v) is 14.5. The Labute approximate surface area is 146 Å². The first-order valence-electron chi connectivity index (χ1n) is 8.37. The molecule has 8 nitrogen and oxygen atoms in total. The number of rotatable bonds is 5. The molecule has 0 N–H and O–H groups in total. The molecule has 2 aliphatic rings. The molecule has 3 rings (SSSR count). The number of sulfonamides is 1. The topological polar surface area (TPSA) is 107 Å². The number of hydrogen-bond donors (Lipinski definition) is 0. The average molecular weight is 368 g/mol. The Morgan fingerprint density at radius 2 is 1.88 bits per heavy atom. The Morgan fingerprint density at radius 1 is 1.16 bits per heavy atom. The fourth-order valence-electron chi connectivity index (χ4n) is 3.21. The molecule has 2 fully saturated rings. The monoisotopic (exact) mass is 368 g/mol. The summed E-state index contributed by atoms with van der Waals surface area (Å²) in [5, 5.41) is 11.4. The second-order valence-electron chi connectivity index (χ2n) is 6.32. The van der Waals surface area contributed by atoms with Crippen LogP contribution in [0.15, 0.2) is 23.1 Å². The van der Waals surface area contributed by atoms with E-state index >= 15 is 0 Å². The van der Waals surface area contributed by atoms with Crippen molar-refractivity contribution >= 4 is 21.5 Å². The Hall–Kier alpha value is -2.00. The Bertz CT molecular complexity index is 786. The second-order valence-corrected chi connectivity index (χ2v) is 8.25. The largest absolute Gasteiger partial charge is 0.476 e. The molecule has 9 heteroatoms. The molecule has 1 saturated heterocycles. The van der Waals surface area contributed by atoms with Crippen molar-refractivity contribution in [1.82, 2.24) is 4.31 Å². The van der Waals surface area contributed by atoms with Gasteiger partial charge in [-0.2, -0.15) is 4.31 Å². The first kappa shape index (κ1) is 17.8. The quantitative estimate of drug-likeness (QED) is 0.583. The highest BCUT2D eigenvalue weighted by molar-refractivity contribution is 7.89. The van der Waals surface area contributed by atoms with Crippen molar-refractivity contribution in [2.75, 3.05) is 13.1 Å². The van der Waals surface area contributed by atoms with Crippen LogP contribution in [0.25, 0.3) is 0 Å². The van der Waals surface area contributed by atoms with Gasteiger partial charge in [-0.3, -0.25) is 14.9 Å². The van der Waals surface area contributed by atoms with Crippen molar-refractivity contribution in [2.24, 2.45) is 0 Å². The smallest absolute Gasteiger partial charge is 0.312 e. The van der Waals surface area contributed by atoms with Crippen LogP contribution in [0.5, 0.6) is 5.75 Å². The molecule has 1 aliphatic heterocycles. The number of carbonyl (C=O) groups is 1. The number of ketones is 1. The highest BCUT2D eigenvalue weighted by Gasteiger charge is 2.31. The van der Waals surface area contributed by atoms with E-state index in [4.69, 9.17) is 4.74 Å². The lowest BCUT2D eigenvalue weighted by Crippen LogP contribution is -2.30. The van der Waals surface area contributed by atoms with E-state index in [0.29, 0.717) is 25.9 Å². The molecule has 136 valence electrons. The highest BCUT2D eigenvalue weighted by Crippen LogP contribution is 2.33. The normalized spacial score (nSPS) is 22.1. The van der Waals surface area contributed by atoms with E-state index in [2.05, 4.69) is 0 Å². The zero-order chi connectivity index (χ0) is 18.0. The van der Waals surface area contributed by atoms with Crippen LogP contribution in [-0.2, 0) is 14.8 Å². The van der Waals surface area contributed by atoms with Crippen molar-refractivity contribution in [3.05, 3.63) is 28.3 Å². The number of Topliss-reactive ketones (excluding diaryl/α,β-unsaturated/α-hetero) is 1. The fraction of sp³-hybridized carbons (Fsp3) is 0.562. The number of ether oxygens (including phenoxy) is 1. The van der Waals surface area contributed by atoms with Gasteiger partial charge in [0.15, 0.2) is 17.6 Å². The summed E-state index contributed by atoms with van der Waals surface area (Å²) in [7, 11) is -3.75. The van der Waals surface area contributed by atoms with Gasteiger partial charge in [-0.15, -0.1) is 0 Å². The molecular weight excluding hydrogens is 348 g/mol. The highest BCUT2D eigenvalue weighted by atomic mass is 32.2. The number of hydrogen-bond acceptors (Lipinski definition) is 6. The van der Waals surface area contributed by atoms with E-state index < -0.39 is 26.7 Å². The van der Waals surface area contributed by atoms with E-state index in [0.717, 1.165) is 31.7 Å². The van der Waals surface area contributed by atoms with E-state index in [1.165, 1.54) is 16.4 Å². The Balaban J connectivity index is 1.90. The van der Waals surface area contributed by atoms with Crippen LogP contribution in [0.4, 0.5) is 5.69 Å². The van der Waals surface area contributed by atoms with Gasteiger partial charge in [-0.25, -0.2) is 8.42 Å². The molecule has 0 bridgehead atoms. The lowest BCUT2D eigenvalue weighted by Gasteiger charge is -2.22. The van der Waals surface area contributed by atoms with Crippen LogP contribution < -0.4 is 4.74 Å². The van der Waals surface area contributed by atoms with Crippen molar-refractivity contribution in [3.63, 3.8) is 0 Å².